The Labute approximate surface area is 163 Å². The quantitative estimate of drug-likeness (QED) is 0.762. The number of carbonyl (C=O) groups is 2. The molecule has 7 heteroatoms. The van der Waals surface area contributed by atoms with Gasteiger partial charge in [0.25, 0.3) is 5.91 Å². The van der Waals surface area contributed by atoms with E-state index in [9.17, 15) is 9.59 Å². The molecule has 1 atom stereocenters. The van der Waals surface area contributed by atoms with Crippen molar-refractivity contribution in [2.45, 2.75) is 13.0 Å². The topological polar surface area (TPSA) is 70.7 Å². The van der Waals surface area contributed by atoms with Crippen molar-refractivity contribution in [3.8, 4) is 0 Å². The number of hydrogen-bond acceptors (Lipinski definition) is 5. The average Bonchev–Trinajstić information content (AvgIpc) is 3.21. The Morgan fingerprint density at radius 1 is 1.19 bits per heavy atom. The van der Waals surface area contributed by atoms with Gasteiger partial charge in [-0.25, -0.2) is 0 Å². The SMILES string of the molecule is Cc1cccc(C(=O)NCC(=O)NC[C@H](c2cccs2)N2CCOCC2)c1. The van der Waals surface area contributed by atoms with Crippen LogP contribution in [0.15, 0.2) is 41.8 Å². The first-order chi connectivity index (χ1) is 13.1. The summed E-state index contributed by atoms with van der Waals surface area (Å²) in [6.45, 7) is 5.53. The maximum atomic E-state index is 12.2. The van der Waals surface area contributed by atoms with E-state index in [1.54, 1.807) is 23.5 Å². The molecule has 2 aromatic rings. The van der Waals surface area contributed by atoms with E-state index >= 15 is 0 Å². The molecule has 0 radical (unpaired) electrons. The van der Waals surface area contributed by atoms with Crippen molar-refractivity contribution in [3.05, 3.63) is 57.8 Å². The van der Waals surface area contributed by atoms with Gasteiger partial charge in [-0.05, 0) is 30.5 Å². The Balaban J connectivity index is 1.51. The summed E-state index contributed by atoms with van der Waals surface area (Å²) in [7, 11) is 0. The molecule has 1 aliphatic heterocycles. The molecule has 1 saturated heterocycles. The number of ether oxygens (including phenoxy) is 1. The molecule has 0 unspecified atom stereocenters. The number of benzene rings is 1. The van der Waals surface area contributed by atoms with Crippen molar-refractivity contribution in [2.24, 2.45) is 0 Å². The predicted octanol–water partition coefficient (Wildman–Crippen LogP) is 1.98. The third-order valence-corrected chi connectivity index (χ3v) is 5.51. The van der Waals surface area contributed by atoms with E-state index in [0.717, 1.165) is 18.7 Å². The van der Waals surface area contributed by atoms with Crippen molar-refractivity contribution >= 4 is 23.2 Å². The maximum Gasteiger partial charge on any atom is 0.251 e. The second kappa shape index (κ2) is 9.64. The van der Waals surface area contributed by atoms with Gasteiger partial charge < -0.3 is 15.4 Å². The Morgan fingerprint density at radius 3 is 2.70 bits per heavy atom. The van der Waals surface area contributed by atoms with Crippen LogP contribution in [-0.4, -0.2) is 56.1 Å². The monoisotopic (exact) mass is 387 g/mol. The smallest absolute Gasteiger partial charge is 0.251 e. The Bertz CT molecular complexity index is 758. The molecule has 1 aromatic heterocycles. The summed E-state index contributed by atoms with van der Waals surface area (Å²) in [6.07, 6.45) is 0. The van der Waals surface area contributed by atoms with Crippen molar-refractivity contribution in [1.29, 1.82) is 0 Å². The molecule has 1 aromatic carbocycles. The first kappa shape index (κ1) is 19.5. The van der Waals surface area contributed by atoms with Gasteiger partial charge in [-0.15, -0.1) is 11.3 Å². The first-order valence-electron chi connectivity index (χ1n) is 9.10. The van der Waals surface area contributed by atoms with Gasteiger partial charge in [-0.3, -0.25) is 14.5 Å². The van der Waals surface area contributed by atoms with Gasteiger partial charge >= 0.3 is 0 Å². The van der Waals surface area contributed by atoms with Crippen molar-refractivity contribution in [1.82, 2.24) is 15.5 Å². The van der Waals surface area contributed by atoms with E-state index in [1.165, 1.54) is 4.88 Å². The average molecular weight is 388 g/mol. The molecule has 0 bridgehead atoms. The summed E-state index contributed by atoms with van der Waals surface area (Å²) in [4.78, 5) is 28.0. The van der Waals surface area contributed by atoms with Crippen molar-refractivity contribution < 1.29 is 14.3 Å². The third kappa shape index (κ3) is 5.63. The van der Waals surface area contributed by atoms with Crippen LogP contribution in [0.4, 0.5) is 0 Å². The van der Waals surface area contributed by atoms with Crippen LogP contribution in [-0.2, 0) is 9.53 Å². The number of rotatable bonds is 7. The van der Waals surface area contributed by atoms with Crippen LogP contribution < -0.4 is 10.6 Å². The van der Waals surface area contributed by atoms with E-state index in [0.29, 0.717) is 25.3 Å². The molecule has 1 fully saturated rings. The number of amides is 2. The van der Waals surface area contributed by atoms with Crippen LogP contribution in [0.3, 0.4) is 0 Å². The Morgan fingerprint density at radius 2 is 2.00 bits per heavy atom. The molecule has 0 spiro atoms. The van der Waals surface area contributed by atoms with Gasteiger partial charge in [0, 0.05) is 30.1 Å². The fraction of sp³-hybridized carbons (Fsp3) is 0.400. The standard InChI is InChI=1S/C20H25N3O3S/c1-15-4-2-5-16(12-15)20(25)22-14-19(24)21-13-17(18-6-3-11-27-18)23-7-9-26-10-8-23/h2-6,11-12,17H,7-10,13-14H2,1H3,(H,21,24)(H,22,25)/t17-/m1/s1. The lowest BCUT2D eigenvalue weighted by Gasteiger charge is -2.34. The van der Waals surface area contributed by atoms with E-state index in [4.69, 9.17) is 4.74 Å². The number of thiophene rings is 1. The van der Waals surface area contributed by atoms with E-state index < -0.39 is 0 Å². The molecule has 6 nitrogen and oxygen atoms in total. The zero-order valence-electron chi connectivity index (χ0n) is 15.4. The normalized spacial score (nSPS) is 15.9. The number of morpholine rings is 1. The molecule has 0 aliphatic carbocycles. The van der Waals surface area contributed by atoms with Gasteiger partial charge in [-0.1, -0.05) is 23.8 Å². The highest BCUT2D eigenvalue weighted by atomic mass is 32.1. The molecular weight excluding hydrogens is 362 g/mol. The second-order valence-electron chi connectivity index (χ2n) is 6.54. The zero-order valence-corrected chi connectivity index (χ0v) is 16.3. The number of carbonyl (C=O) groups excluding carboxylic acids is 2. The minimum absolute atomic E-state index is 0.0347. The van der Waals surface area contributed by atoms with Gasteiger partial charge in [0.2, 0.25) is 5.91 Å². The van der Waals surface area contributed by atoms with Crippen LogP contribution in [0.2, 0.25) is 0 Å². The van der Waals surface area contributed by atoms with Crippen LogP contribution in [0.5, 0.6) is 0 Å². The fourth-order valence-corrected chi connectivity index (χ4v) is 3.96. The number of hydrogen-bond donors (Lipinski definition) is 2. The zero-order chi connectivity index (χ0) is 19.1. The summed E-state index contributed by atoms with van der Waals surface area (Å²) in [5, 5.41) is 7.69. The largest absolute Gasteiger partial charge is 0.379 e. The molecule has 1 aliphatic rings. The number of nitrogens with zero attached hydrogens (tertiary/aromatic N) is 1. The molecule has 3 rings (SSSR count). The van der Waals surface area contributed by atoms with E-state index in [1.807, 2.05) is 30.5 Å². The maximum absolute atomic E-state index is 12.2. The van der Waals surface area contributed by atoms with Gasteiger partial charge in [-0.2, -0.15) is 0 Å². The van der Waals surface area contributed by atoms with Crippen LogP contribution in [0.1, 0.15) is 26.8 Å². The highest BCUT2D eigenvalue weighted by Gasteiger charge is 2.24. The molecule has 2 N–H and O–H groups in total. The molecule has 144 valence electrons. The molecule has 0 saturated carbocycles. The Hall–Kier alpha value is -2.22. The van der Waals surface area contributed by atoms with E-state index in [-0.39, 0.29) is 24.4 Å². The lowest BCUT2D eigenvalue weighted by molar-refractivity contribution is -0.120. The van der Waals surface area contributed by atoms with Crippen molar-refractivity contribution in [2.75, 3.05) is 39.4 Å². The number of aryl methyl sites for hydroxylation is 1. The van der Waals surface area contributed by atoms with Crippen LogP contribution in [0, 0.1) is 6.92 Å². The Kier molecular flexibility index (Phi) is 6.98. The minimum Gasteiger partial charge on any atom is -0.379 e. The van der Waals surface area contributed by atoms with E-state index in [2.05, 4.69) is 21.6 Å². The lowest BCUT2D eigenvalue weighted by Crippen LogP contribution is -2.45. The highest BCUT2D eigenvalue weighted by Crippen LogP contribution is 2.25. The minimum atomic E-state index is -0.239. The third-order valence-electron chi connectivity index (χ3n) is 4.54. The summed E-state index contributed by atoms with van der Waals surface area (Å²) in [5.74, 6) is -0.428. The van der Waals surface area contributed by atoms with Gasteiger partial charge in [0.15, 0.2) is 0 Å². The molecule has 2 amide bonds. The predicted molar refractivity (Wildman–Crippen MR) is 106 cm³/mol. The van der Waals surface area contributed by atoms with Gasteiger partial charge in [0.1, 0.15) is 0 Å². The lowest BCUT2D eigenvalue weighted by atomic mass is 10.1. The first-order valence-corrected chi connectivity index (χ1v) is 9.98. The molecule has 2 heterocycles. The summed E-state index contributed by atoms with van der Waals surface area (Å²) >= 11 is 1.69. The van der Waals surface area contributed by atoms with Crippen LogP contribution >= 0.6 is 11.3 Å². The van der Waals surface area contributed by atoms with Crippen molar-refractivity contribution in [3.63, 3.8) is 0 Å². The summed E-state index contributed by atoms with van der Waals surface area (Å²) < 4.78 is 5.44. The summed E-state index contributed by atoms with van der Waals surface area (Å²) in [6, 6.07) is 11.6. The summed E-state index contributed by atoms with van der Waals surface area (Å²) in [5.41, 5.74) is 1.57. The second-order valence-corrected chi connectivity index (χ2v) is 7.52. The molecular formula is C20H25N3O3S. The fourth-order valence-electron chi connectivity index (χ4n) is 3.10. The van der Waals surface area contributed by atoms with Crippen LogP contribution in [0.25, 0.3) is 0 Å². The van der Waals surface area contributed by atoms with Gasteiger partial charge in [0.05, 0.1) is 25.8 Å². The highest BCUT2D eigenvalue weighted by molar-refractivity contribution is 7.10. The number of nitrogens with one attached hydrogen (secondary N) is 2. The molecule has 27 heavy (non-hydrogen) atoms.